The molecule has 0 aliphatic heterocycles. The van der Waals surface area contributed by atoms with Crippen molar-refractivity contribution in [3.8, 4) is 16.8 Å². The third kappa shape index (κ3) is 3.13. The number of hydrogen-bond acceptors (Lipinski definition) is 4. The number of nitrogens with zero attached hydrogens (tertiary/aromatic N) is 5. The molecule has 1 aromatic carbocycles. The van der Waals surface area contributed by atoms with Gasteiger partial charge in [0.05, 0.1) is 29.2 Å². The van der Waals surface area contributed by atoms with Gasteiger partial charge < -0.3 is 10.1 Å². The van der Waals surface area contributed by atoms with E-state index in [-0.39, 0.29) is 5.92 Å². The van der Waals surface area contributed by atoms with E-state index in [4.69, 9.17) is 4.98 Å². The first-order valence-electron chi connectivity index (χ1n) is 11.2. The van der Waals surface area contributed by atoms with E-state index in [1.54, 1.807) is 0 Å². The number of aromatic nitrogens is 6. The van der Waals surface area contributed by atoms with Gasteiger partial charge in [-0.1, -0.05) is 18.2 Å². The van der Waals surface area contributed by atoms with Crippen molar-refractivity contribution in [2.24, 2.45) is 5.41 Å². The maximum Gasteiger partial charge on any atom is 0.309 e. The summed E-state index contributed by atoms with van der Waals surface area (Å²) in [5.74, 6) is -0.486. The lowest BCUT2D eigenvalue weighted by molar-refractivity contribution is -0.149. The average Bonchev–Trinajstić information content (AvgIpc) is 3.58. The summed E-state index contributed by atoms with van der Waals surface area (Å²) >= 11 is 0. The Kier molecular flexibility index (Phi) is 4.36. The van der Waals surface area contributed by atoms with Crippen LogP contribution in [0.1, 0.15) is 44.2 Å². The van der Waals surface area contributed by atoms with Gasteiger partial charge in [0, 0.05) is 34.8 Å². The van der Waals surface area contributed by atoms with Gasteiger partial charge in [-0.2, -0.15) is 14.7 Å². The SMILES string of the molecule is C[C@]1(C(=O)O)CC[C@@H](c2nc3c(-c4cnn(-c5ccccc5)c4)cnn3c3[nH]ccc32)CC1. The highest BCUT2D eigenvalue weighted by Crippen LogP contribution is 2.44. The number of benzene rings is 1. The first kappa shape index (κ1) is 19.7. The van der Waals surface area contributed by atoms with Crippen LogP contribution in [0.3, 0.4) is 0 Å². The summed E-state index contributed by atoms with van der Waals surface area (Å²) in [5.41, 5.74) is 4.91. The van der Waals surface area contributed by atoms with Gasteiger partial charge in [0.2, 0.25) is 0 Å². The van der Waals surface area contributed by atoms with Gasteiger partial charge in [0.15, 0.2) is 5.65 Å². The third-order valence-electron chi connectivity index (χ3n) is 7.09. The maximum atomic E-state index is 11.7. The van der Waals surface area contributed by atoms with Crippen molar-refractivity contribution in [1.82, 2.24) is 29.4 Å². The number of carboxylic acid groups (broad SMARTS) is 1. The van der Waals surface area contributed by atoms with E-state index < -0.39 is 11.4 Å². The molecule has 0 spiro atoms. The van der Waals surface area contributed by atoms with Gasteiger partial charge >= 0.3 is 5.97 Å². The van der Waals surface area contributed by atoms with E-state index in [0.717, 1.165) is 52.0 Å². The van der Waals surface area contributed by atoms with E-state index in [1.807, 2.05) is 77.3 Å². The third-order valence-corrected chi connectivity index (χ3v) is 7.09. The van der Waals surface area contributed by atoms with Crippen LogP contribution in [0.5, 0.6) is 0 Å². The van der Waals surface area contributed by atoms with Crippen LogP contribution in [0.2, 0.25) is 0 Å². The number of carboxylic acids is 1. The number of aromatic amines is 1. The smallest absolute Gasteiger partial charge is 0.309 e. The number of fused-ring (bicyclic) bond motifs is 3. The Morgan fingerprint density at radius 1 is 1.12 bits per heavy atom. The minimum Gasteiger partial charge on any atom is -0.481 e. The van der Waals surface area contributed by atoms with Crippen molar-refractivity contribution in [2.75, 3.05) is 0 Å². The zero-order valence-electron chi connectivity index (χ0n) is 18.3. The summed E-state index contributed by atoms with van der Waals surface area (Å²) in [6, 6.07) is 12.0. The minimum atomic E-state index is -0.704. The van der Waals surface area contributed by atoms with Crippen molar-refractivity contribution in [3.63, 3.8) is 0 Å². The van der Waals surface area contributed by atoms with Gasteiger partial charge in [-0.25, -0.2) is 9.67 Å². The van der Waals surface area contributed by atoms with Crippen molar-refractivity contribution < 1.29 is 9.90 Å². The molecule has 0 saturated heterocycles. The van der Waals surface area contributed by atoms with E-state index in [0.29, 0.717) is 12.8 Å². The summed E-state index contributed by atoms with van der Waals surface area (Å²) in [7, 11) is 0. The molecule has 0 bridgehead atoms. The minimum absolute atomic E-state index is 0.218. The molecule has 0 unspecified atom stereocenters. The fraction of sp³-hybridized carbons (Fsp3) is 0.280. The average molecular weight is 441 g/mol. The molecule has 0 atom stereocenters. The second-order valence-electron chi connectivity index (χ2n) is 9.18. The van der Waals surface area contributed by atoms with Crippen LogP contribution in [-0.4, -0.2) is 40.4 Å². The van der Waals surface area contributed by atoms with E-state index in [2.05, 4.69) is 15.2 Å². The van der Waals surface area contributed by atoms with E-state index in [9.17, 15) is 9.90 Å². The molecule has 8 heteroatoms. The molecule has 8 nitrogen and oxygen atoms in total. The van der Waals surface area contributed by atoms with Crippen LogP contribution in [0.4, 0.5) is 0 Å². The number of nitrogens with one attached hydrogen (secondary N) is 1. The Bertz CT molecular complexity index is 1470. The molecule has 166 valence electrons. The van der Waals surface area contributed by atoms with Crippen LogP contribution >= 0.6 is 0 Å². The second kappa shape index (κ2) is 7.30. The molecule has 1 fully saturated rings. The zero-order valence-corrected chi connectivity index (χ0v) is 18.3. The quantitative estimate of drug-likeness (QED) is 0.418. The summed E-state index contributed by atoms with van der Waals surface area (Å²) in [4.78, 5) is 20.1. The lowest BCUT2D eigenvalue weighted by Gasteiger charge is -2.33. The molecule has 4 aromatic heterocycles. The van der Waals surface area contributed by atoms with Gasteiger partial charge in [0.1, 0.15) is 5.65 Å². The topological polar surface area (TPSA) is 101 Å². The van der Waals surface area contributed by atoms with Crippen molar-refractivity contribution in [2.45, 2.75) is 38.5 Å². The Morgan fingerprint density at radius 3 is 2.67 bits per heavy atom. The van der Waals surface area contributed by atoms with Gasteiger partial charge in [-0.15, -0.1) is 0 Å². The predicted molar refractivity (Wildman–Crippen MR) is 124 cm³/mol. The van der Waals surface area contributed by atoms with Gasteiger partial charge in [-0.3, -0.25) is 4.79 Å². The molecular formula is C25H24N6O2. The lowest BCUT2D eigenvalue weighted by Crippen LogP contribution is -2.32. The molecule has 0 radical (unpaired) electrons. The van der Waals surface area contributed by atoms with Gasteiger partial charge in [-0.05, 0) is 50.8 Å². The van der Waals surface area contributed by atoms with Crippen molar-refractivity contribution in [3.05, 3.63) is 66.9 Å². The normalized spacial score (nSPS) is 21.1. The largest absolute Gasteiger partial charge is 0.481 e. The Labute approximate surface area is 189 Å². The highest BCUT2D eigenvalue weighted by atomic mass is 16.4. The highest BCUT2D eigenvalue weighted by Gasteiger charge is 2.38. The molecule has 2 N–H and O–H groups in total. The number of H-pyrrole nitrogens is 1. The standard InChI is InChI=1S/C25H24N6O2/c1-25(24(32)33)10-7-16(8-11-25)21-19-9-12-26-22(19)31-23(29-21)20(14-28-31)17-13-27-30(15-17)18-5-3-2-4-6-18/h2-6,9,12-16,26H,7-8,10-11H2,1H3,(H,32,33)/t16-,25+. The van der Waals surface area contributed by atoms with Crippen molar-refractivity contribution in [1.29, 1.82) is 0 Å². The van der Waals surface area contributed by atoms with Gasteiger partial charge in [0.25, 0.3) is 0 Å². The molecule has 33 heavy (non-hydrogen) atoms. The van der Waals surface area contributed by atoms with E-state index in [1.165, 1.54) is 0 Å². The fourth-order valence-electron chi connectivity index (χ4n) is 4.97. The van der Waals surface area contributed by atoms with Crippen molar-refractivity contribution >= 4 is 22.6 Å². The molecule has 1 aliphatic carbocycles. The second-order valence-corrected chi connectivity index (χ2v) is 9.18. The molecule has 4 heterocycles. The zero-order chi connectivity index (χ0) is 22.6. The monoisotopic (exact) mass is 440 g/mol. The van der Waals surface area contributed by atoms with Crippen LogP contribution in [0, 0.1) is 5.41 Å². The molecular weight excluding hydrogens is 416 g/mol. The molecule has 1 saturated carbocycles. The number of hydrogen-bond donors (Lipinski definition) is 2. The van der Waals surface area contributed by atoms with Crippen LogP contribution in [0.25, 0.3) is 33.5 Å². The summed E-state index contributed by atoms with van der Waals surface area (Å²) in [6.07, 6.45) is 10.5. The first-order chi connectivity index (χ1) is 16.0. The summed E-state index contributed by atoms with van der Waals surface area (Å²) in [5, 5.41) is 19.8. The number of rotatable bonds is 4. The summed E-state index contributed by atoms with van der Waals surface area (Å²) in [6.45, 7) is 1.85. The number of para-hydroxylation sites is 1. The van der Waals surface area contributed by atoms with Crippen LogP contribution < -0.4 is 0 Å². The highest BCUT2D eigenvalue weighted by molar-refractivity contribution is 5.86. The molecule has 6 rings (SSSR count). The number of carbonyl (C=O) groups is 1. The fourth-order valence-corrected chi connectivity index (χ4v) is 4.97. The summed E-state index contributed by atoms with van der Waals surface area (Å²) < 4.78 is 3.69. The molecule has 5 aromatic rings. The Hall–Kier alpha value is -3.94. The first-order valence-corrected chi connectivity index (χ1v) is 11.2. The van der Waals surface area contributed by atoms with E-state index >= 15 is 0 Å². The van der Waals surface area contributed by atoms with Crippen LogP contribution in [-0.2, 0) is 4.79 Å². The molecule has 1 aliphatic rings. The Balaban J connectivity index is 1.43. The lowest BCUT2D eigenvalue weighted by atomic mass is 9.70. The number of aliphatic carboxylic acids is 1. The van der Waals surface area contributed by atoms with Crippen LogP contribution in [0.15, 0.2) is 61.2 Å². The maximum absolute atomic E-state index is 11.7. The Morgan fingerprint density at radius 2 is 1.91 bits per heavy atom. The molecule has 0 amide bonds. The predicted octanol–water partition coefficient (Wildman–Crippen LogP) is 4.81.